The van der Waals surface area contributed by atoms with Crippen molar-refractivity contribution in [2.24, 2.45) is 0 Å². The highest BCUT2D eigenvalue weighted by Crippen LogP contribution is 2.36. The molecule has 0 aromatic carbocycles. The zero-order chi connectivity index (χ0) is 12.1. The second kappa shape index (κ2) is 6.39. The molecule has 96 valence electrons. The van der Waals surface area contributed by atoms with Crippen LogP contribution in [0.5, 0.6) is 0 Å². The molecule has 1 aliphatic rings. The average Bonchev–Trinajstić information content (AvgIpc) is 2.60. The minimum absolute atomic E-state index is 0.636. The van der Waals surface area contributed by atoms with Gasteiger partial charge in [0.15, 0.2) is 0 Å². The van der Waals surface area contributed by atoms with Crippen LogP contribution in [-0.2, 0) is 6.42 Å². The number of nitrogens with two attached hydrogens (primary N) is 1. The lowest BCUT2D eigenvalue weighted by Gasteiger charge is -2.18. The highest BCUT2D eigenvalue weighted by molar-refractivity contribution is 7.15. The molecule has 1 aromatic rings. The number of aryl methyl sites for hydroxylation is 1. The molecule has 2 N–H and O–H groups in total. The standard InChI is InChI=1S/C14H24N2S/c1-2-8-12-16-13(14(15)17-12)11-9-6-4-3-5-7-10-11/h11H,2-10,15H2,1H3. The lowest BCUT2D eigenvalue weighted by molar-refractivity contribution is 0.451. The minimum Gasteiger partial charge on any atom is -0.389 e. The number of rotatable bonds is 3. The van der Waals surface area contributed by atoms with Gasteiger partial charge in [0.05, 0.1) is 10.7 Å². The van der Waals surface area contributed by atoms with Gasteiger partial charge >= 0.3 is 0 Å². The summed E-state index contributed by atoms with van der Waals surface area (Å²) >= 11 is 1.71. The van der Waals surface area contributed by atoms with Gasteiger partial charge in [-0.15, -0.1) is 11.3 Å². The van der Waals surface area contributed by atoms with Gasteiger partial charge in [-0.05, 0) is 25.7 Å². The molecule has 1 saturated carbocycles. The number of anilines is 1. The molecule has 2 nitrogen and oxygen atoms in total. The normalized spacial score (nSPS) is 18.9. The summed E-state index contributed by atoms with van der Waals surface area (Å²) in [4.78, 5) is 4.79. The van der Waals surface area contributed by atoms with Gasteiger partial charge < -0.3 is 5.73 Å². The zero-order valence-corrected chi connectivity index (χ0v) is 11.7. The lowest BCUT2D eigenvalue weighted by atomic mass is 9.89. The van der Waals surface area contributed by atoms with Gasteiger partial charge in [-0.1, -0.05) is 39.0 Å². The van der Waals surface area contributed by atoms with Crippen molar-refractivity contribution in [3.8, 4) is 0 Å². The molecule has 1 aliphatic carbocycles. The number of nitrogen functional groups attached to an aromatic ring is 1. The smallest absolute Gasteiger partial charge is 0.110 e. The summed E-state index contributed by atoms with van der Waals surface area (Å²) in [6.45, 7) is 2.20. The van der Waals surface area contributed by atoms with Crippen LogP contribution in [0.25, 0.3) is 0 Å². The van der Waals surface area contributed by atoms with Crippen molar-refractivity contribution >= 4 is 16.3 Å². The number of aromatic nitrogens is 1. The highest BCUT2D eigenvalue weighted by Gasteiger charge is 2.19. The number of hydrogen-bond acceptors (Lipinski definition) is 3. The van der Waals surface area contributed by atoms with E-state index in [0.29, 0.717) is 5.92 Å². The molecule has 2 rings (SSSR count). The van der Waals surface area contributed by atoms with E-state index in [-0.39, 0.29) is 0 Å². The topological polar surface area (TPSA) is 38.9 Å². The van der Waals surface area contributed by atoms with Crippen LogP contribution in [0.2, 0.25) is 0 Å². The van der Waals surface area contributed by atoms with E-state index in [0.717, 1.165) is 17.8 Å². The SMILES string of the molecule is CCCc1nc(C2CCCCCCC2)c(N)s1. The Balaban J connectivity index is 2.07. The van der Waals surface area contributed by atoms with E-state index < -0.39 is 0 Å². The van der Waals surface area contributed by atoms with Gasteiger partial charge in [0, 0.05) is 5.92 Å². The first-order valence-corrected chi connectivity index (χ1v) is 7.88. The summed E-state index contributed by atoms with van der Waals surface area (Å²) in [6.07, 6.45) is 11.7. The Bertz CT molecular complexity index is 338. The molecule has 0 unspecified atom stereocenters. The Kier molecular flexibility index (Phi) is 4.84. The molecule has 17 heavy (non-hydrogen) atoms. The predicted molar refractivity (Wildman–Crippen MR) is 75.6 cm³/mol. The Morgan fingerprint density at radius 3 is 2.47 bits per heavy atom. The zero-order valence-electron chi connectivity index (χ0n) is 10.9. The molecule has 3 heteroatoms. The molecule has 1 aromatic heterocycles. The molecule has 0 saturated heterocycles. The molecule has 0 aliphatic heterocycles. The van der Waals surface area contributed by atoms with Crippen LogP contribution < -0.4 is 5.73 Å². The van der Waals surface area contributed by atoms with Gasteiger partial charge in [-0.3, -0.25) is 0 Å². The van der Waals surface area contributed by atoms with Crippen LogP contribution in [-0.4, -0.2) is 4.98 Å². The van der Waals surface area contributed by atoms with Crippen molar-refractivity contribution in [2.45, 2.75) is 70.6 Å². The second-order valence-corrected chi connectivity index (χ2v) is 6.26. The summed E-state index contributed by atoms with van der Waals surface area (Å²) in [5, 5.41) is 2.22. The molecule has 0 atom stereocenters. The van der Waals surface area contributed by atoms with Crippen molar-refractivity contribution < 1.29 is 0 Å². The van der Waals surface area contributed by atoms with E-state index >= 15 is 0 Å². The maximum Gasteiger partial charge on any atom is 0.110 e. The van der Waals surface area contributed by atoms with Crippen molar-refractivity contribution in [2.75, 3.05) is 5.73 Å². The van der Waals surface area contributed by atoms with Crippen LogP contribution in [0, 0.1) is 0 Å². The Morgan fingerprint density at radius 1 is 1.18 bits per heavy atom. The molecular formula is C14H24N2S. The highest BCUT2D eigenvalue weighted by atomic mass is 32.1. The largest absolute Gasteiger partial charge is 0.389 e. The van der Waals surface area contributed by atoms with Crippen molar-refractivity contribution in [3.05, 3.63) is 10.7 Å². The van der Waals surface area contributed by atoms with Crippen LogP contribution in [0.15, 0.2) is 0 Å². The van der Waals surface area contributed by atoms with Gasteiger partial charge in [-0.25, -0.2) is 4.98 Å². The van der Waals surface area contributed by atoms with Crippen LogP contribution in [0.4, 0.5) is 5.00 Å². The van der Waals surface area contributed by atoms with E-state index in [4.69, 9.17) is 10.7 Å². The Hall–Kier alpha value is -0.570. The first-order chi connectivity index (χ1) is 8.31. The van der Waals surface area contributed by atoms with Crippen LogP contribution >= 0.6 is 11.3 Å². The summed E-state index contributed by atoms with van der Waals surface area (Å²) < 4.78 is 0. The number of thiazole rings is 1. The third kappa shape index (κ3) is 3.44. The van der Waals surface area contributed by atoms with Gasteiger partial charge in [0.2, 0.25) is 0 Å². The van der Waals surface area contributed by atoms with Crippen LogP contribution in [0.3, 0.4) is 0 Å². The van der Waals surface area contributed by atoms with E-state index in [2.05, 4.69) is 6.92 Å². The summed E-state index contributed by atoms with van der Waals surface area (Å²) in [5.41, 5.74) is 7.37. The van der Waals surface area contributed by atoms with Gasteiger partial charge in [0.1, 0.15) is 5.00 Å². The van der Waals surface area contributed by atoms with Gasteiger partial charge in [-0.2, -0.15) is 0 Å². The summed E-state index contributed by atoms with van der Waals surface area (Å²) in [6, 6.07) is 0. The van der Waals surface area contributed by atoms with E-state index in [9.17, 15) is 0 Å². The maximum absolute atomic E-state index is 6.15. The quantitative estimate of drug-likeness (QED) is 0.860. The van der Waals surface area contributed by atoms with E-state index in [1.54, 1.807) is 11.3 Å². The van der Waals surface area contributed by atoms with Crippen molar-refractivity contribution in [3.63, 3.8) is 0 Å². The number of hydrogen-bond donors (Lipinski definition) is 1. The molecule has 0 radical (unpaired) electrons. The fourth-order valence-electron chi connectivity index (χ4n) is 2.73. The van der Waals surface area contributed by atoms with E-state index in [1.165, 1.54) is 55.6 Å². The maximum atomic E-state index is 6.15. The van der Waals surface area contributed by atoms with Crippen LogP contribution in [0.1, 0.15) is 74.9 Å². The number of nitrogens with zero attached hydrogens (tertiary/aromatic N) is 1. The lowest BCUT2D eigenvalue weighted by Crippen LogP contribution is -2.05. The van der Waals surface area contributed by atoms with E-state index in [1.807, 2.05) is 0 Å². The monoisotopic (exact) mass is 252 g/mol. The minimum atomic E-state index is 0.636. The first kappa shape index (κ1) is 12.9. The molecular weight excluding hydrogens is 228 g/mol. The molecule has 1 fully saturated rings. The third-order valence-corrected chi connectivity index (χ3v) is 4.64. The first-order valence-electron chi connectivity index (χ1n) is 7.06. The van der Waals surface area contributed by atoms with Crippen molar-refractivity contribution in [1.82, 2.24) is 4.98 Å². The summed E-state index contributed by atoms with van der Waals surface area (Å²) in [7, 11) is 0. The fourth-order valence-corrected chi connectivity index (χ4v) is 3.76. The Morgan fingerprint density at radius 2 is 1.82 bits per heavy atom. The summed E-state index contributed by atoms with van der Waals surface area (Å²) in [5.74, 6) is 0.636. The fraction of sp³-hybridized carbons (Fsp3) is 0.786. The third-order valence-electron chi connectivity index (χ3n) is 3.68. The van der Waals surface area contributed by atoms with Crippen molar-refractivity contribution in [1.29, 1.82) is 0 Å². The predicted octanol–water partition coefficient (Wildman–Crippen LogP) is 4.51. The molecule has 0 bridgehead atoms. The Labute approximate surface area is 109 Å². The van der Waals surface area contributed by atoms with Gasteiger partial charge in [0.25, 0.3) is 0 Å². The molecule has 0 spiro atoms. The molecule has 0 amide bonds. The second-order valence-electron chi connectivity index (χ2n) is 5.15. The molecule has 1 heterocycles. The average molecular weight is 252 g/mol.